The largest absolute Gasteiger partial charge is 0.340 e. The van der Waals surface area contributed by atoms with Crippen LogP contribution < -0.4 is 5.32 Å². The van der Waals surface area contributed by atoms with Gasteiger partial charge in [-0.1, -0.05) is 32.4 Å². The lowest BCUT2D eigenvalue weighted by molar-refractivity contribution is 0.0915. The Bertz CT molecular complexity index is 786. The van der Waals surface area contributed by atoms with E-state index < -0.39 is 0 Å². The summed E-state index contributed by atoms with van der Waals surface area (Å²) in [7, 11) is 1.84. The number of H-pyrrole nitrogens is 1. The molecule has 23 heavy (non-hydrogen) atoms. The number of amides is 1. The molecule has 1 amide bonds. The van der Waals surface area contributed by atoms with Crippen molar-refractivity contribution in [2.75, 3.05) is 0 Å². The topological polar surface area (TPSA) is 75.6 Å². The van der Waals surface area contributed by atoms with Crippen molar-refractivity contribution in [3.05, 3.63) is 48.3 Å². The molecule has 6 nitrogen and oxygen atoms in total. The lowest BCUT2D eigenvalue weighted by Gasteiger charge is -2.22. The lowest BCUT2D eigenvalue weighted by atomic mass is 9.98. The van der Waals surface area contributed by atoms with Gasteiger partial charge in [-0.25, -0.2) is 9.97 Å². The number of carbonyl (C=O) groups is 1. The van der Waals surface area contributed by atoms with Crippen molar-refractivity contribution in [2.24, 2.45) is 13.0 Å². The van der Waals surface area contributed by atoms with Gasteiger partial charge in [0.25, 0.3) is 5.91 Å². The summed E-state index contributed by atoms with van der Waals surface area (Å²) in [5.74, 6) is 0.851. The summed E-state index contributed by atoms with van der Waals surface area (Å²) < 4.78 is 1.76. The third-order valence-electron chi connectivity index (χ3n) is 4.14. The fourth-order valence-electron chi connectivity index (χ4n) is 2.58. The minimum atomic E-state index is -0.184. The van der Waals surface area contributed by atoms with Gasteiger partial charge in [-0.2, -0.15) is 0 Å². The summed E-state index contributed by atoms with van der Waals surface area (Å²) in [5.41, 5.74) is 2.29. The molecule has 0 aliphatic heterocycles. The fourth-order valence-corrected chi connectivity index (χ4v) is 2.58. The summed E-state index contributed by atoms with van der Waals surface area (Å²) in [6.07, 6.45) is 4.26. The maximum Gasteiger partial charge on any atom is 0.272 e. The predicted molar refractivity (Wildman–Crippen MR) is 89.0 cm³/mol. The number of hydrogen-bond donors (Lipinski definition) is 2. The standard InChI is InChI=1S/C17H21N5O/c1-4-11(2)15(21-17(23)14-9-22(3)10-18-14)16-19-12-7-5-6-8-13(12)20-16/h5-11,15H,4H2,1-3H3,(H,19,20)(H,21,23). The van der Waals surface area contributed by atoms with E-state index in [9.17, 15) is 4.79 Å². The smallest absolute Gasteiger partial charge is 0.272 e. The molecule has 2 N–H and O–H groups in total. The first-order valence-electron chi connectivity index (χ1n) is 7.82. The molecule has 2 heterocycles. The number of nitrogens with one attached hydrogen (secondary N) is 2. The van der Waals surface area contributed by atoms with Crippen molar-refractivity contribution in [3.8, 4) is 0 Å². The predicted octanol–water partition coefficient (Wildman–Crippen LogP) is 2.81. The second-order valence-corrected chi connectivity index (χ2v) is 5.90. The first kappa shape index (κ1) is 15.3. The second-order valence-electron chi connectivity index (χ2n) is 5.90. The van der Waals surface area contributed by atoms with Crippen LogP contribution in [0.5, 0.6) is 0 Å². The lowest BCUT2D eigenvalue weighted by Crippen LogP contribution is -2.33. The zero-order chi connectivity index (χ0) is 16.4. The van der Waals surface area contributed by atoms with Crippen molar-refractivity contribution < 1.29 is 4.79 Å². The molecular weight excluding hydrogens is 290 g/mol. The Morgan fingerprint density at radius 1 is 1.39 bits per heavy atom. The van der Waals surface area contributed by atoms with Crippen molar-refractivity contribution in [1.29, 1.82) is 0 Å². The number of aryl methyl sites for hydroxylation is 1. The quantitative estimate of drug-likeness (QED) is 0.761. The summed E-state index contributed by atoms with van der Waals surface area (Å²) in [6.45, 7) is 4.21. The Morgan fingerprint density at radius 2 is 2.17 bits per heavy atom. The fraction of sp³-hybridized carbons (Fsp3) is 0.353. The summed E-state index contributed by atoms with van der Waals surface area (Å²) in [5, 5.41) is 3.07. The number of benzene rings is 1. The zero-order valence-electron chi connectivity index (χ0n) is 13.6. The molecule has 3 aromatic rings. The van der Waals surface area contributed by atoms with Crippen LogP contribution in [0.4, 0.5) is 0 Å². The van der Waals surface area contributed by atoms with Crippen LogP contribution in [-0.2, 0) is 7.05 Å². The Kier molecular flexibility index (Phi) is 4.14. The second kappa shape index (κ2) is 6.24. The van der Waals surface area contributed by atoms with Crippen LogP contribution in [0, 0.1) is 5.92 Å². The van der Waals surface area contributed by atoms with E-state index in [1.54, 1.807) is 17.1 Å². The van der Waals surface area contributed by atoms with E-state index in [-0.39, 0.29) is 17.9 Å². The molecule has 0 radical (unpaired) electrons. The first-order valence-corrected chi connectivity index (χ1v) is 7.82. The van der Waals surface area contributed by atoms with Crippen molar-refractivity contribution >= 4 is 16.9 Å². The average Bonchev–Trinajstić information content (AvgIpc) is 3.17. The molecule has 2 aromatic heterocycles. The van der Waals surface area contributed by atoms with E-state index in [0.29, 0.717) is 5.69 Å². The van der Waals surface area contributed by atoms with E-state index in [0.717, 1.165) is 23.3 Å². The molecule has 0 saturated heterocycles. The van der Waals surface area contributed by atoms with Crippen LogP contribution in [0.25, 0.3) is 11.0 Å². The average molecular weight is 311 g/mol. The van der Waals surface area contributed by atoms with Crippen LogP contribution in [0.3, 0.4) is 0 Å². The summed E-state index contributed by atoms with van der Waals surface area (Å²) in [6, 6.07) is 7.69. The third kappa shape index (κ3) is 3.11. The number of fused-ring (bicyclic) bond motifs is 1. The summed E-state index contributed by atoms with van der Waals surface area (Å²) >= 11 is 0. The molecule has 1 aromatic carbocycles. The zero-order valence-corrected chi connectivity index (χ0v) is 13.6. The van der Waals surface area contributed by atoms with E-state index in [2.05, 4.69) is 34.1 Å². The molecule has 0 spiro atoms. The van der Waals surface area contributed by atoms with Crippen LogP contribution in [-0.4, -0.2) is 25.4 Å². The number of carbonyl (C=O) groups excluding carboxylic acids is 1. The number of aromatic amines is 1. The number of hydrogen-bond acceptors (Lipinski definition) is 3. The number of imidazole rings is 2. The highest BCUT2D eigenvalue weighted by Gasteiger charge is 2.24. The Balaban J connectivity index is 1.89. The molecule has 3 rings (SSSR count). The number of rotatable bonds is 5. The first-order chi connectivity index (χ1) is 11.1. The van der Waals surface area contributed by atoms with Gasteiger partial charge in [0.05, 0.1) is 23.4 Å². The van der Waals surface area contributed by atoms with Gasteiger partial charge in [-0.15, -0.1) is 0 Å². The van der Waals surface area contributed by atoms with Gasteiger partial charge in [0.1, 0.15) is 11.5 Å². The summed E-state index contributed by atoms with van der Waals surface area (Å²) in [4.78, 5) is 24.5. The van der Waals surface area contributed by atoms with Crippen molar-refractivity contribution in [3.63, 3.8) is 0 Å². The number of para-hydroxylation sites is 2. The van der Waals surface area contributed by atoms with Crippen LogP contribution in [0.2, 0.25) is 0 Å². The van der Waals surface area contributed by atoms with Crippen LogP contribution in [0.1, 0.15) is 42.6 Å². The Hall–Kier alpha value is -2.63. The van der Waals surface area contributed by atoms with Crippen molar-refractivity contribution in [2.45, 2.75) is 26.3 Å². The van der Waals surface area contributed by atoms with E-state index in [4.69, 9.17) is 0 Å². The van der Waals surface area contributed by atoms with Gasteiger partial charge in [-0.05, 0) is 18.1 Å². The molecule has 0 aliphatic rings. The SMILES string of the molecule is CCC(C)C(NC(=O)c1cn(C)cn1)c1nc2ccccc2[nH]1. The van der Waals surface area contributed by atoms with Gasteiger partial charge in [0.15, 0.2) is 0 Å². The molecule has 120 valence electrons. The molecule has 0 bridgehead atoms. The highest BCUT2D eigenvalue weighted by molar-refractivity contribution is 5.92. The van der Waals surface area contributed by atoms with Gasteiger partial charge in [0.2, 0.25) is 0 Å². The molecule has 6 heteroatoms. The monoisotopic (exact) mass is 311 g/mol. The molecular formula is C17H21N5O. The van der Waals surface area contributed by atoms with Gasteiger partial charge in [-0.3, -0.25) is 4.79 Å². The van der Waals surface area contributed by atoms with Gasteiger partial charge in [0, 0.05) is 13.2 Å². The van der Waals surface area contributed by atoms with E-state index in [1.165, 1.54) is 0 Å². The molecule has 2 unspecified atom stereocenters. The minimum Gasteiger partial charge on any atom is -0.340 e. The normalized spacial score (nSPS) is 13.9. The maximum absolute atomic E-state index is 12.4. The van der Waals surface area contributed by atoms with Crippen LogP contribution in [0.15, 0.2) is 36.8 Å². The third-order valence-corrected chi connectivity index (χ3v) is 4.14. The van der Waals surface area contributed by atoms with E-state index >= 15 is 0 Å². The highest BCUT2D eigenvalue weighted by atomic mass is 16.2. The highest BCUT2D eigenvalue weighted by Crippen LogP contribution is 2.24. The van der Waals surface area contributed by atoms with E-state index in [1.807, 2.05) is 31.3 Å². The molecule has 0 fully saturated rings. The Morgan fingerprint density at radius 3 is 2.83 bits per heavy atom. The maximum atomic E-state index is 12.4. The molecule has 2 atom stereocenters. The van der Waals surface area contributed by atoms with Gasteiger partial charge >= 0.3 is 0 Å². The van der Waals surface area contributed by atoms with Crippen molar-refractivity contribution in [1.82, 2.24) is 24.8 Å². The number of nitrogens with zero attached hydrogens (tertiary/aromatic N) is 3. The van der Waals surface area contributed by atoms with Crippen LogP contribution >= 0.6 is 0 Å². The Labute approximate surface area is 135 Å². The minimum absolute atomic E-state index is 0.179. The molecule has 0 aliphatic carbocycles. The number of aromatic nitrogens is 4. The molecule has 0 saturated carbocycles. The van der Waals surface area contributed by atoms with Gasteiger partial charge < -0.3 is 14.9 Å².